The van der Waals surface area contributed by atoms with E-state index < -0.39 is 6.04 Å². The Hall–Kier alpha value is -4.00. The maximum atomic E-state index is 14.2. The topological polar surface area (TPSA) is 80.1 Å². The molecule has 0 spiro atoms. The number of fused-ring (bicyclic) bond motifs is 1. The van der Waals surface area contributed by atoms with Crippen LogP contribution in [0, 0.1) is 26.7 Å². The van der Waals surface area contributed by atoms with E-state index in [-0.39, 0.29) is 18.4 Å². The summed E-state index contributed by atoms with van der Waals surface area (Å²) in [5, 5.41) is 11.5. The van der Waals surface area contributed by atoms with E-state index in [1.54, 1.807) is 9.58 Å². The Bertz CT molecular complexity index is 1370. The van der Waals surface area contributed by atoms with Crippen molar-refractivity contribution < 1.29 is 9.59 Å². The fourth-order valence-corrected chi connectivity index (χ4v) is 4.57. The monoisotopic (exact) mass is 497 g/mol. The molecule has 1 N–H and O–H groups in total. The molecule has 0 radical (unpaired) electrons. The Morgan fingerprint density at radius 1 is 0.919 bits per heavy atom. The number of amides is 2. The molecule has 4 aromatic rings. The van der Waals surface area contributed by atoms with Crippen molar-refractivity contribution in [2.75, 3.05) is 11.4 Å². The van der Waals surface area contributed by atoms with E-state index in [9.17, 15) is 9.59 Å². The summed E-state index contributed by atoms with van der Waals surface area (Å²) in [4.78, 5) is 29.7. The third-order valence-corrected chi connectivity index (χ3v) is 6.57. The Balaban J connectivity index is 1.81. The third kappa shape index (κ3) is 5.88. The number of aromatic nitrogens is 3. The predicted octanol–water partition coefficient (Wildman–Crippen LogP) is 5.29. The van der Waals surface area contributed by atoms with Gasteiger partial charge in [0.2, 0.25) is 11.8 Å². The van der Waals surface area contributed by atoms with Gasteiger partial charge in [-0.05, 0) is 61.9 Å². The molecular formula is C30H35N5O2. The number of para-hydroxylation sites is 2. The Kier molecular flexibility index (Phi) is 8.01. The number of nitrogens with zero attached hydrogens (tertiary/aromatic N) is 4. The zero-order valence-electron chi connectivity index (χ0n) is 22.2. The van der Waals surface area contributed by atoms with Gasteiger partial charge in [-0.2, -0.15) is 0 Å². The molecule has 7 nitrogen and oxygen atoms in total. The zero-order valence-corrected chi connectivity index (χ0v) is 22.2. The second-order valence-electron chi connectivity index (χ2n) is 10.0. The molecule has 0 aliphatic heterocycles. The first-order valence-electron chi connectivity index (χ1n) is 12.8. The molecule has 2 amide bonds. The fourth-order valence-electron chi connectivity index (χ4n) is 4.57. The van der Waals surface area contributed by atoms with E-state index in [2.05, 4.69) is 29.5 Å². The number of benzene rings is 3. The van der Waals surface area contributed by atoms with Gasteiger partial charge < -0.3 is 5.32 Å². The van der Waals surface area contributed by atoms with Gasteiger partial charge in [-0.25, -0.2) is 4.68 Å². The van der Waals surface area contributed by atoms with Crippen molar-refractivity contribution in [3.63, 3.8) is 0 Å². The number of rotatable bonds is 9. The highest BCUT2D eigenvalue weighted by Gasteiger charge is 2.34. The van der Waals surface area contributed by atoms with Gasteiger partial charge >= 0.3 is 0 Å². The van der Waals surface area contributed by atoms with Crippen LogP contribution in [0.2, 0.25) is 0 Å². The maximum Gasteiger partial charge on any atom is 0.249 e. The van der Waals surface area contributed by atoms with Gasteiger partial charge in [0.15, 0.2) is 0 Å². The second-order valence-corrected chi connectivity index (χ2v) is 10.0. The second kappa shape index (κ2) is 11.4. The molecule has 7 heteroatoms. The van der Waals surface area contributed by atoms with Crippen molar-refractivity contribution >= 4 is 28.5 Å². The highest BCUT2D eigenvalue weighted by atomic mass is 16.2. The smallest absolute Gasteiger partial charge is 0.249 e. The molecule has 0 fully saturated rings. The van der Waals surface area contributed by atoms with Crippen LogP contribution in [0.4, 0.5) is 5.69 Å². The highest BCUT2D eigenvalue weighted by molar-refractivity contribution is 6.02. The first-order chi connectivity index (χ1) is 17.8. The van der Waals surface area contributed by atoms with Crippen LogP contribution in [-0.2, 0) is 16.1 Å². The van der Waals surface area contributed by atoms with Crippen molar-refractivity contribution in [1.29, 1.82) is 0 Å². The van der Waals surface area contributed by atoms with Crippen molar-refractivity contribution in [1.82, 2.24) is 20.3 Å². The molecule has 0 bridgehead atoms. The van der Waals surface area contributed by atoms with E-state index in [1.807, 2.05) is 87.5 Å². The summed E-state index contributed by atoms with van der Waals surface area (Å²) in [5.41, 5.74) is 5.91. The van der Waals surface area contributed by atoms with Crippen molar-refractivity contribution in [3.05, 3.63) is 89.0 Å². The lowest BCUT2D eigenvalue weighted by atomic mass is 9.99. The van der Waals surface area contributed by atoms with Crippen LogP contribution in [0.3, 0.4) is 0 Å². The lowest BCUT2D eigenvalue weighted by Gasteiger charge is -2.34. The summed E-state index contributed by atoms with van der Waals surface area (Å²) < 4.78 is 1.60. The Labute approximate surface area is 218 Å². The first-order valence-corrected chi connectivity index (χ1v) is 12.8. The van der Waals surface area contributed by atoms with Crippen LogP contribution in [0.5, 0.6) is 0 Å². The molecule has 1 heterocycles. The lowest BCUT2D eigenvalue weighted by Crippen LogP contribution is -2.46. The number of anilines is 1. The van der Waals surface area contributed by atoms with Gasteiger partial charge in [0.05, 0.1) is 11.2 Å². The minimum atomic E-state index is -0.838. The van der Waals surface area contributed by atoms with Crippen LogP contribution in [0.25, 0.3) is 11.0 Å². The third-order valence-electron chi connectivity index (χ3n) is 6.57. The van der Waals surface area contributed by atoms with E-state index in [0.717, 1.165) is 45.4 Å². The predicted molar refractivity (Wildman–Crippen MR) is 147 cm³/mol. The maximum absolute atomic E-state index is 14.2. The number of nitrogens with one attached hydrogen (secondary N) is 1. The number of aryl methyl sites for hydroxylation is 3. The van der Waals surface area contributed by atoms with Crippen molar-refractivity contribution in [2.45, 2.75) is 53.6 Å². The Morgan fingerprint density at radius 2 is 1.59 bits per heavy atom. The van der Waals surface area contributed by atoms with Gasteiger partial charge in [0.1, 0.15) is 18.1 Å². The number of carbonyl (C=O) groups is 2. The van der Waals surface area contributed by atoms with E-state index in [1.165, 1.54) is 0 Å². The molecular weight excluding hydrogens is 462 g/mol. The first kappa shape index (κ1) is 26.1. The number of hydrogen-bond acceptors (Lipinski definition) is 4. The summed E-state index contributed by atoms with van der Waals surface area (Å²) in [7, 11) is 0. The largest absolute Gasteiger partial charge is 0.354 e. The molecule has 3 aromatic carbocycles. The molecule has 37 heavy (non-hydrogen) atoms. The van der Waals surface area contributed by atoms with Gasteiger partial charge in [-0.15, -0.1) is 5.10 Å². The van der Waals surface area contributed by atoms with E-state index in [0.29, 0.717) is 12.5 Å². The summed E-state index contributed by atoms with van der Waals surface area (Å²) in [6.07, 6.45) is 0.856. The molecule has 0 saturated heterocycles. The average molecular weight is 498 g/mol. The van der Waals surface area contributed by atoms with Crippen molar-refractivity contribution in [2.24, 2.45) is 5.92 Å². The van der Waals surface area contributed by atoms with Gasteiger partial charge in [0.25, 0.3) is 0 Å². The van der Waals surface area contributed by atoms with Crippen LogP contribution in [0.1, 0.15) is 48.6 Å². The van der Waals surface area contributed by atoms with Crippen molar-refractivity contribution in [3.8, 4) is 0 Å². The lowest BCUT2D eigenvalue weighted by molar-refractivity contribution is -0.127. The van der Waals surface area contributed by atoms with Crippen LogP contribution < -0.4 is 10.2 Å². The zero-order chi connectivity index (χ0) is 26.5. The van der Waals surface area contributed by atoms with Gasteiger partial charge in [-0.3, -0.25) is 14.5 Å². The summed E-state index contributed by atoms with van der Waals surface area (Å²) in [5.74, 6) is 0.0108. The average Bonchev–Trinajstić information content (AvgIpc) is 3.26. The molecule has 1 atom stereocenters. The van der Waals surface area contributed by atoms with Gasteiger partial charge in [-0.1, -0.05) is 79.2 Å². The molecule has 0 aliphatic rings. The number of hydrogen-bond donors (Lipinski definition) is 1. The molecule has 0 saturated carbocycles. The molecule has 4 rings (SSSR count). The van der Waals surface area contributed by atoms with Crippen LogP contribution >= 0.6 is 0 Å². The molecule has 0 unspecified atom stereocenters. The fraction of sp³-hybridized carbons (Fsp3) is 0.333. The normalized spacial score (nSPS) is 12.1. The van der Waals surface area contributed by atoms with E-state index in [4.69, 9.17) is 0 Å². The summed E-state index contributed by atoms with van der Waals surface area (Å²) in [6, 6.07) is 20.4. The standard InChI is InChI=1S/C30H35N5O2/c1-20(2)17-18-31-30(37)29(24-15-13-21(3)14-16-24)35(28-22(4)9-8-10-23(28)5)27(36)19-34-26-12-7-6-11-25(26)32-33-34/h6-16,20,29H,17-19H2,1-5H3,(H,31,37)/t29-/m0/s1. The highest BCUT2D eigenvalue weighted by Crippen LogP contribution is 2.34. The minimum absolute atomic E-state index is 0.0457. The molecule has 192 valence electrons. The molecule has 1 aromatic heterocycles. The van der Waals surface area contributed by atoms with Gasteiger partial charge in [0, 0.05) is 6.54 Å². The quantitative estimate of drug-likeness (QED) is 0.341. The SMILES string of the molecule is Cc1ccc([C@@H](C(=O)NCCC(C)C)N(C(=O)Cn2nnc3ccccc32)c2c(C)cccc2C)cc1. The van der Waals surface area contributed by atoms with Crippen LogP contribution in [0.15, 0.2) is 66.7 Å². The summed E-state index contributed by atoms with van der Waals surface area (Å²) >= 11 is 0. The Morgan fingerprint density at radius 3 is 2.27 bits per heavy atom. The summed E-state index contributed by atoms with van der Waals surface area (Å²) in [6.45, 7) is 10.7. The van der Waals surface area contributed by atoms with E-state index >= 15 is 0 Å². The number of carbonyl (C=O) groups excluding carboxylic acids is 2. The minimum Gasteiger partial charge on any atom is -0.354 e. The van der Waals surface area contributed by atoms with Crippen LogP contribution in [-0.4, -0.2) is 33.4 Å². The molecule has 0 aliphatic carbocycles.